The molecule has 1 heterocycles. The first-order valence-corrected chi connectivity index (χ1v) is 9.47. The lowest BCUT2D eigenvalue weighted by atomic mass is 10.1. The third kappa shape index (κ3) is 7.53. The smallest absolute Gasteiger partial charge is 0.193 e. The Morgan fingerprint density at radius 2 is 1.91 bits per heavy atom. The first-order chi connectivity index (χ1) is 11.3. The van der Waals surface area contributed by atoms with E-state index in [0.717, 1.165) is 70.5 Å². The fraction of sp³-hybridized carbons (Fsp3) is 0.944. The Balaban J connectivity index is 1.65. The molecule has 0 aromatic rings. The number of hydrogen-bond acceptors (Lipinski definition) is 3. The molecule has 0 unspecified atom stereocenters. The molecule has 2 fully saturated rings. The molecule has 0 aromatic carbocycles. The molecule has 1 N–H and O–H groups in total. The van der Waals surface area contributed by atoms with Crippen molar-refractivity contribution in [2.75, 3.05) is 46.5 Å². The molecule has 0 spiro atoms. The lowest BCUT2D eigenvalue weighted by Gasteiger charge is -2.34. The zero-order chi connectivity index (χ0) is 16.3. The van der Waals surface area contributed by atoms with Crippen molar-refractivity contribution in [1.82, 2.24) is 10.2 Å². The average Bonchev–Trinajstić information content (AvgIpc) is 3.39. The molecule has 5 nitrogen and oxygen atoms in total. The van der Waals surface area contributed by atoms with E-state index in [9.17, 15) is 0 Å². The van der Waals surface area contributed by atoms with Crippen LogP contribution in [-0.4, -0.2) is 63.5 Å². The zero-order valence-electron chi connectivity index (χ0n) is 15.1. The predicted molar refractivity (Wildman–Crippen MR) is 95.0 cm³/mol. The number of nitrogens with one attached hydrogen (secondary N) is 1. The van der Waals surface area contributed by atoms with E-state index in [1.807, 2.05) is 0 Å². The summed E-state index contributed by atoms with van der Waals surface area (Å²) in [5.74, 6) is 2.11. The van der Waals surface area contributed by atoms with Crippen LogP contribution >= 0.6 is 0 Å². The van der Waals surface area contributed by atoms with Gasteiger partial charge < -0.3 is 19.7 Å². The van der Waals surface area contributed by atoms with Crippen molar-refractivity contribution in [2.45, 2.75) is 58.0 Å². The predicted octanol–water partition coefficient (Wildman–Crippen LogP) is 2.66. The Morgan fingerprint density at radius 1 is 1.13 bits per heavy atom. The summed E-state index contributed by atoms with van der Waals surface area (Å²) in [5.41, 5.74) is 0. The average molecular weight is 325 g/mol. The summed E-state index contributed by atoms with van der Waals surface area (Å²) < 4.78 is 11.0. The minimum Gasteiger partial charge on any atom is -0.385 e. The molecule has 23 heavy (non-hydrogen) atoms. The number of aliphatic imine (C=N–C) groups is 1. The van der Waals surface area contributed by atoms with Crippen molar-refractivity contribution < 1.29 is 9.47 Å². The number of guanidine groups is 1. The Labute approximate surface area is 141 Å². The SMILES string of the molecule is CCNC(=NCCCC1CC1)N1CCC(OCCCOC)CC1. The minimum atomic E-state index is 0.404. The molecule has 2 aliphatic rings. The van der Waals surface area contributed by atoms with Crippen LogP contribution in [0.1, 0.15) is 51.9 Å². The quantitative estimate of drug-likeness (QED) is 0.381. The van der Waals surface area contributed by atoms with E-state index in [2.05, 4.69) is 17.1 Å². The fourth-order valence-electron chi connectivity index (χ4n) is 3.08. The van der Waals surface area contributed by atoms with Gasteiger partial charge in [-0.25, -0.2) is 0 Å². The molecule has 0 atom stereocenters. The van der Waals surface area contributed by atoms with E-state index in [0.29, 0.717) is 6.10 Å². The van der Waals surface area contributed by atoms with Crippen LogP contribution in [0.5, 0.6) is 0 Å². The van der Waals surface area contributed by atoms with Crippen LogP contribution in [0.15, 0.2) is 4.99 Å². The van der Waals surface area contributed by atoms with Crippen LogP contribution in [-0.2, 0) is 9.47 Å². The van der Waals surface area contributed by atoms with Crippen molar-refractivity contribution in [2.24, 2.45) is 10.9 Å². The van der Waals surface area contributed by atoms with E-state index in [1.54, 1.807) is 7.11 Å². The Hall–Kier alpha value is -0.810. The highest BCUT2D eigenvalue weighted by molar-refractivity contribution is 5.80. The highest BCUT2D eigenvalue weighted by atomic mass is 16.5. The highest BCUT2D eigenvalue weighted by Crippen LogP contribution is 2.33. The van der Waals surface area contributed by atoms with Crippen LogP contribution in [0.2, 0.25) is 0 Å². The van der Waals surface area contributed by atoms with Gasteiger partial charge in [0.1, 0.15) is 0 Å². The van der Waals surface area contributed by atoms with Crippen molar-refractivity contribution in [3.05, 3.63) is 0 Å². The van der Waals surface area contributed by atoms with Gasteiger partial charge in [-0.05, 0) is 44.9 Å². The Morgan fingerprint density at radius 3 is 2.57 bits per heavy atom. The van der Waals surface area contributed by atoms with Crippen LogP contribution in [0.25, 0.3) is 0 Å². The second kappa shape index (κ2) is 10.9. The maximum Gasteiger partial charge on any atom is 0.193 e. The first-order valence-electron chi connectivity index (χ1n) is 9.47. The number of ether oxygens (including phenoxy) is 2. The molecule has 0 amide bonds. The lowest BCUT2D eigenvalue weighted by molar-refractivity contribution is 0.00990. The molecule has 1 aliphatic carbocycles. The molecule has 1 aliphatic heterocycles. The van der Waals surface area contributed by atoms with Crippen LogP contribution in [0.4, 0.5) is 0 Å². The van der Waals surface area contributed by atoms with E-state index < -0.39 is 0 Å². The maximum atomic E-state index is 5.94. The van der Waals surface area contributed by atoms with Gasteiger partial charge in [0.2, 0.25) is 0 Å². The van der Waals surface area contributed by atoms with Gasteiger partial charge in [0.25, 0.3) is 0 Å². The standard InChI is InChI=1S/C18H35N3O2/c1-3-19-18(20-11-4-6-16-7-8-16)21-12-9-17(10-13-21)23-15-5-14-22-2/h16-17H,3-15H2,1-2H3,(H,19,20). The van der Waals surface area contributed by atoms with Gasteiger partial charge >= 0.3 is 0 Å². The number of rotatable bonds is 10. The number of methoxy groups -OCH3 is 1. The van der Waals surface area contributed by atoms with Gasteiger partial charge in [-0.1, -0.05) is 12.8 Å². The highest BCUT2D eigenvalue weighted by Gasteiger charge is 2.22. The molecule has 0 aromatic heterocycles. The van der Waals surface area contributed by atoms with Gasteiger partial charge in [-0.15, -0.1) is 0 Å². The van der Waals surface area contributed by atoms with E-state index >= 15 is 0 Å². The van der Waals surface area contributed by atoms with Gasteiger partial charge in [0.15, 0.2) is 5.96 Å². The van der Waals surface area contributed by atoms with Crippen molar-refractivity contribution >= 4 is 5.96 Å². The third-order valence-corrected chi connectivity index (χ3v) is 4.65. The van der Waals surface area contributed by atoms with Gasteiger partial charge in [0.05, 0.1) is 6.10 Å². The third-order valence-electron chi connectivity index (χ3n) is 4.65. The Kier molecular flexibility index (Phi) is 8.76. The number of hydrogen-bond donors (Lipinski definition) is 1. The molecule has 0 bridgehead atoms. The summed E-state index contributed by atoms with van der Waals surface area (Å²) >= 11 is 0. The molecule has 5 heteroatoms. The summed E-state index contributed by atoms with van der Waals surface area (Å²) in [5, 5.41) is 3.45. The van der Waals surface area contributed by atoms with Gasteiger partial charge in [0, 0.05) is 46.5 Å². The second-order valence-corrected chi connectivity index (χ2v) is 6.72. The summed E-state index contributed by atoms with van der Waals surface area (Å²) in [6.07, 6.45) is 9.07. The molecule has 0 radical (unpaired) electrons. The maximum absolute atomic E-state index is 5.94. The molecular weight excluding hydrogens is 290 g/mol. The van der Waals surface area contributed by atoms with Gasteiger partial charge in [-0.2, -0.15) is 0 Å². The second-order valence-electron chi connectivity index (χ2n) is 6.72. The molecular formula is C18H35N3O2. The largest absolute Gasteiger partial charge is 0.385 e. The summed E-state index contributed by atoms with van der Waals surface area (Å²) in [4.78, 5) is 7.22. The van der Waals surface area contributed by atoms with E-state index in [4.69, 9.17) is 14.5 Å². The van der Waals surface area contributed by atoms with Crippen molar-refractivity contribution in [3.8, 4) is 0 Å². The lowest BCUT2D eigenvalue weighted by Crippen LogP contribution is -2.47. The van der Waals surface area contributed by atoms with E-state index in [-0.39, 0.29) is 0 Å². The van der Waals surface area contributed by atoms with Crippen molar-refractivity contribution in [1.29, 1.82) is 0 Å². The van der Waals surface area contributed by atoms with Crippen molar-refractivity contribution in [3.63, 3.8) is 0 Å². The number of piperidine rings is 1. The first kappa shape index (κ1) is 18.5. The topological polar surface area (TPSA) is 46.1 Å². The molecule has 2 rings (SSSR count). The van der Waals surface area contributed by atoms with Crippen LogP contribution in [0.3, 0.4) is 0 Å². The van der Waals surface area contributed by atoms with E-state index in [1.165, 1.54) is 25.7 Å². The monoisotopic (exact) mass is 325 g/mol. The molecule has 1 saturated heterocycles. The number of nitrogens with zero attached hydrogens (tertiary/aromatic N) is 2. The Bertz CT molecular complexity index is 337. The minimum absolute atomic E-state index is 0.404. The molecule has 1 saturated carbocycles. The normalized spacial score (nSPS) is 20.1. The summed E-state index contributed by atoms with van der Waals surface area (Å²) in [6.45, 7) is 7.74. The van der Waals surface area contributed by atoms with Crippen LogP contribution < -0.4 is 5.32 Å². The molecule has 134 valence electrons. The summed E-state index contributed by atoms with van der Waals surface area (Å²) in [6, 6.07) is 0. The summed E-state index contributed by atoms with van der Waals surface area (Å²) in [7, 11) is 1.74. The number of likely N-dealkylation sites (tertiary alicyclic amines) is 1. The zero-order valence-corrected chi connectivity index (χ0v) is 15.1. The fourth-order valence-corrected chi connectivity index (χ4v) is 3.08. The van der Waals surface area contributed by atoms with Crippen LogP contribution in [0, 0.1) is 5.92 Å². The van der Waals surface area contributed by atoms with Gasteiger partial charge in [-0.3, -0.25) is 4.99 Å².